The second kappa shape index (κ2) is 6.78. The number of hydrogen-bond donors (Lipinski definition) is 0. The number of likely N-dealkylation sites (N-methyl/N-ethyl adjacent to an activating group) is 1. The fourth-order valence-corrected chi connectivity index (χ4v) is 2.54. The number of hydrogen-bond acceptors (Lipinski definition) is 5. The number of aromatic nitrogens is 1. The largest absolute Gasteiger partial charge is 0.486 e. The Labute approximate surface area is 141 Å². The summed E-state index contributed by atoms with van der Waals surface area (Å²) in [5.41, 5.74) is 0.556. The zero-order valence-corrected chi connectivity index (χ0v) is 14.1. The molecular formula is C18H21N3O3. The Hall–Kier alpha value is -2.76. The van der Waals surface area contributed by atoms with Gasteiger partial charge in [0.05, 0.1) is 12.1 Å². The second-order valence-electron chi connectivity index (χ2n) is 5.98. The zero-order valence-electron chi connectivity index (χ0n) is 14.1. The Kier molecular flexibility index (Phi) is 4.55. The summed E-state index contributed by atoms with van der Waals surface area (Å²) in [7, 11) is 5.58. The summed E-state index contributed by atoms with van der Waals surface area (Å²) in [6.07, 6.45) is 1.41. The highest BCUT2D eigenvalue weighted by molar-refractivity contribution is 5.93. The monoisotopic (exact) mass is 327 g/mol. The molecule has 0 N–H and O–H groups in total. The molecular weight excluding hydrogens is 306 g/mol. The summed E-state index contributed by atoms with van der Waals surface area (Å²) in [5.74, 6) is 2.18. The molecule has 0 radical (unpaired) electrons. The molecule has 1 aromatic carbocycles. The Bertz CT molecular complexity index is 716. The highest BCUT2D eigenvalue weighted by Gasteiger charge is 2.24. The van der Waals surface area contributed by atoms with Crippen molar-refractivity contribution in [3.63, 3.8) is 0 Å². The van der Waals surface area contributed by atoms with E-state index >= 15 is 0 Å². The van der Waals surface area contributed by atoms with E-state index in [1.54, 1.807) is 24.2 Å². The topological polar surface area (TPSA) is 54.9 Å². The quantitative estimate of drug-likeness (QED) is 0.860. The molecule has 3 rings (SSSR count). The van der Waals surface area contributed by atoms with Crippen LogP contribution in [0.5, 0.6) is 11.5 Å². The predicted molar refractivity (Wildman–Crippen MR) is 91.9 cm³/mol. The molecule has 6 nitrogen and oxygen atoms in total. The van der Waals surface area contributed by atoms with Gasteiger partial charge in [0, 0.05) is 27.3 Å². The lowest BCUT2D eigenvalue weighted by molar-refractivity contribution is 0.0520. The average Bonchev–Trinajstić information content (AvgIpc) is 2.61. The van der Waals surface area contributed by atoms with E-state index in [0.29, 0.717) is 24.5 Å². The molecule has 0 saturated carbocycles. The molecule has 126 valence electrons. The Balaban J connectivity index is 1.62. The summed E-state index contributed by atoms with van der Waals surface area (Å²) in [6, 6.07) is 11.2. The van der Waals surface area contributed by atoms with E-state index in [0.717, 1.165) is 11.6 Å². The highest BCUT2D eigenvalue weighted by Crippen LogP contribution is 2.31. The third kappa shape index (κ3) is 3.42. The van der Waals surface area contributed by atoms with Crippen molar-refractivity contribution in [2.75, 3.05) is 39.2 Å². The van der Waals surface area contributed by atoms with Crippen LogP contribution in [0.1, 0.15) is 10.4 Å². The van der Waals surface area contributed by atoms with Crippen LogP contribution in [0.4, 0.5) is 5.82 Å². The first-order valence-corrected chi connectivity index (χ1v) is 7.82. The summed E-state index contributed by atoms with van der Waals surface area (Å²) >= 11 is 0. The molecule has 1 amide bonds. The minimum atomic E-state index is -0.192. The van der Waals surface area contributed by atoms with Gasteiger partial charge in [-0.3, -0.25) is 4.79 Å². The number of anilines is 1. The molecule has 24 heavy (non-hydrogen) atoms. The second-order valence-corrected chi connectivity index (χ2v) is 5.98. The Morgan fingerprint density at radius 1 is 1.17 bits per heavy atom. The fraction of sp³-hybridized carbons (Fsp3) is 0.333. The van der Waals surface area contributed by atoms with Crippen molar-refractivity contribution in [1.82, 2.24) is 9.88 Å². The van der Waals surface area contributed by atoms with Gasteiger partial charge in [-0.25, -0.2) is 4.98 Å². The van der Waals surface area contributed by atoms with Crippen molar-refractivity contribution in [2.24, 2.45) is 0 Å². The van der Waals surface area contributed by atoms with Crippen LogP contribution >= 0.6 is 0 Å². The molecule has 0 spiro atoms. The van der Waals surface area contributed by atoms with Gasteiger partial charge in [0.1, 0.15) is 12.4 Å². The number of ether oxygens (including phenoxy) is 2. The molecule has 0 aliphatic carbocycles. The number of amides is 1. The predicted octanol–water partition coefficient (Wildman–Crippen LogP) is 2.06. The molecule has 0 fully saturated rings. The Morgan fingerprint density at radius 3 is 2.58 bits per heavy atom. The van der Waals surface area contributed by atoms with Gasteiger partial charge in [0.2, 0.25) is 0 Å². The number of para-hydroxylation sites is 2. The first-order valence-electron chi connectivity index (χ1n) is 7.82. The number of benzene rings is 1. The SMILES string of the molecule is CN(C[C@H]1COc2ccccc2O1)C(=O)c1ccc(N(C)C)nc1. The van der Waals surface area contributed by atoms with Gasteiger partial charge >= 0.3 is 0 Å². The van der Waals surface area contributed by atoms with Crippen molar-refractivity contribution >= 4 is 11.7 Å². The third-order valence-corrected chi connectivity index (χ3v) is 3.84. The molecule has 6 heteroatoms. The van der Waals surface area contributed by atoms with Gasteiger partial charge in [-0.2, -0.15) is 0 Å². The molecule has 0 unspecified atom stereocenters. The lowest BCUT2D eigenvalue weighted by Gasteiger charge is -2.29. The minimum Gasteiger partial charge on any atom is -0.486 e. The van der Waals surface area contributed by atoms with E-state index < -0.39 is 0 Å². The number of nitrogens with zero attached hydrogens (tertiary/aromatic N) is 3. The van der Waals surface area contributed by atoms with Gasteiger partial charge < -0.3 is 19.3 Å². The average molecular weight is 327 g/mol. The van der Waals surface area contributed by atoms with Crippen LogP contribution < -0.4 is 14.4 Å². The minimum absolute atomic E-state index is 0.0877. The van der Waals surface area contributed by atoms with Crippen molar-refractivity contribution in [3.8, 4) is 11.5 Å². The fourth-order valence-electron chi connectivity index (χ4n) is 2.54. The van der Waals surface area contributed by atoms with Gasteiger partial charge in [-0.1, -0.05) is 12.1 Å². The maximum Gasteiger partial charge on any atom is 0.255 e. The van der Waals surface area contributed by atoms with Crippen LogP contribution in [0, 0.1) is 0 Å². The van der Waals surface area contributed by atoms with Crippen molar-refractivity contribution in [2.45, 2.75) is 6.10 Å². The van der Waals surface area contributed by atoms with Crippen LogP contribution in [0.15, 0.2) is 42.6 Å². The van der Waals surface area contributed by atoms with Crippen molar-refractivity contribution < 1.29 is 14.3 Å². The Morgan fingerprint density at radius 2 is 1.92 bits per heavy atom. The summed E-state index contributed by atoms with van der Waals surface area (Å²) in [4.78, 5) is 20.3. The number of carbonyl (C=O) groups excluding carboxylic acids is 1. The van der Waals surface area contributed by atoms with Gasteiger partial charge in [0.15, 0.2) is 17.6 Å². The van der Waals surface area contributed by atoms with E-state index in [2.05, 4.69) is 4.98 Å². The smallest absolute Gasteiger partial charge is 0.255 e. The molecule has 1 atom stereocenters. The zero-order chi connectivity index (χ0) is 17.1. The number of rotatable bonds is 4. The molecule has 2 heterocycles. The van der Waals surface area contributed by atoms with Crippen LogP contribution in [0.25, 0.3) is 0 Å². The normalized spacial score (nSPS) is 15.7. The lowest BCUT2D eigenvalue weighted by Crippen LogP contribution is -2.41. The molecule has 1 aliphatic rings. The first kappa shape index (κ1) is 16.1. The maximum absolute atomic E-state index is 12.5. The molecule has 0 saturated heterocycles. The van der Waals surface area contributed by atoms with Crippen molar-refractivity contribution in [3.05, 3.63) is 48.2 Å². The number of fused-ring (bicyclic) bond motifs is 1. The van der Waals surface area contributed by atoms with Crippen molar-refractivity contribution in [1.29, 1.82) is 0 Å². The molecule has 2 aromatic rings. The van der Waals surface area contributed by atoms with Gasteiger partial charge in [-0.15, -0.1) is 0 Å². The van der Waals surface area contributed by atoms with Crippen LogP contribution in [-0.4, -0.2) is 56.2 Å². The van der Waals surface area contributed by atoms with Gasteiger partial charge in [-0.05, 0) is 24.3 Å². The molecule has 1 aliphatic heterocycles. The maximum atomic E-state index is 12.5. The lowest BCUT2D eigenvalue weighted by atomic mass is 10.2. The van der Waals surface area contributed by atoms with Crippen LogP contribution in [-0.2, 0) is 0 Å². The van der Waals surface area contributed by atoms with E-state index in [9.17, 15) is 4.79 Å². The highest BCUT2D eigenvalue weighted by atomic mass is 16.6. The number of carbonyl (C=O) groups is 1. The molecule has 0 bridgehead atoms. The first-order chi connectivity index (χ1) is 11.5. The standard InChI is InChI=1S/C18H21N3O3/c1-20(2)17-9-8-13(10-19-17)18(22)21(3)11-14-12-23-15-6-4-5-7-16(15)24-14/h4-10,14H,11-12H2,1-3H3/t14-/m0/s1. The van der Waals surface area contributed by atoms with Crippen LogP contribution in [0.2, 0.25) is 0 Å². The van der Waals surface area contributed by atoms with E-state index in [1.165, 1.54) is 0 Å². The number of pyridine rings is 1. The summed E-state index contributed by atoms with van der Waals surface area (Å²) in [5, 5.41) is 0. The van der Waals surface area contributed by atoms with E-state index in [-0.39, 0.29) is 12.0 Å². The van der Waals surface area contributed by atoms with Crippen LogP contribution in [0.3, 0.4) is 0 Å². The van der Waals surface area contributed by atoms with Gasteiger partial charge in [0.25, 0.3) is 5.91 Å². The molecule has 1 aromatic heterocycles. The van der Waals surface area contributed by atoms with E-state index in [4.69, 9.17) is 9.47 Å². The third-order valence-electron chi connectivity index (χ3n) is 3.84. The summed E-state index contributed by atoms with van der Waals surface area (Å²) < 4.78 is 11.6. The van der Waals surface area contributed by atoms with E-state index in [1.807, 2.05) is 49.3 Å². The summed E-state index contributed by atoms with van der Waals surface area (Å²) in [6.45, 7) is 0.870.